The van der Waals surface area contributed by atoms with E-state index in [2.05, 4.69) is 0 Å². The van der Waals surface area contributed by atoms with E-state index in [-0.39, 0.29) is 23.4 Å². The normalized spacial score (nSPS) is 18.7. The summed E-state index contributed by atoms with van der Waals surface area (Å²) in [7, 11) is 1.54. The number of hydrogen-bond donors (Lipinski definition) is 1. The van der Waals surface area contributed by atoms with Gasteiger partial charge in [0.25, 0.3) is 11.7 Å². The van der Waals surface area contributed by atoms with Gasteiger partial charge < -0.3 is 14.7 Å². The highest BCUT2D eigenvalue weighted by molar-refractivity contribution is 6.46. The molecule has 146 valence electrons. The van der Waals surface area contributed by atoms with E-state index in [1.807, 2.05) is 6.92 Å². The summed E-state index contributed by atoms with van der Waals surface area (Å²) < 4.78 is 19.6. The third-order valence-electron chi connectivity index (χ3n) is 4.81. The highest BCUT2D eigenvalue weighted by Gasteiger charge is 2.46. The van der Waals surface area contributed by atoms with Crippen molar-refractivity contribution in [3.05, 3.63) is 76.6 Å². The van der Waals surface area contributed by atoms with Gasteiger partial charge >= 0.3 is 0 Å². The molecule has 1 amide bonds. The number of Topliss-reactive ketones (excluding diaryl/α,β-unsaturated/α-hetero) is 1. The van der Waals surface area contributed by atoms with E-state index in [4.69, 9.17) is 4.74 Å². The van der Waals surface area contributed by atoms with Crippen LogP contribution < -0.4 is 0 Å². The first-order valence-electron chi connectivity index (χ1n) is 9.04. The van der Waals surface area contributed by atoms with Gasteiger partial charge in [0.15, 0.2) is 0 Å². The van der Waals surface area contributed by atoms with Gasteiger partial charge in [-0.25, -0.2) is 4.39 Å². The lowest BCUT2D eigenvalue weighted by Crippen LogP contribution is -2.31. The SMILES string of the molecule is COCCCN1C(=O)C(=O)/C(=C(\O)c2ccc(C)cc2)C1c1ccccc1F. The topological polar surface area (TPSA) is 66.8 Å². The summed E-state index contributed by atoms with van der Waals surface area (Å²) in [6, 6.07) is 11.9. The van der Waals surface area contributed by atoms with Gasteiger partial charge in [0, 0.05) is 31.4 Å². The van der Waals surface area contributed by atoms with Crippen LogP contribution in [0.1, 0.15) is 29.2 Å². The van der Waals surface area contributed by atoms with Gasteiger partial charge in [0.2, 0.25) is 0 Å². The molecule has 0 spiro atoms. The fraction of sp³-hybridized carbons (Fsp3) is 0.273. The number of likely N-dealkylation sites (tertiary alicyclic amines) is 1. The number of aliphatic hydroxyl groups excluding tert-OH is 1. The second-order valence-electron chi connectivity index (χ2n) is 6.73. The predicted octanol–water partition coefficient (Wildman–Crippen LogP) is 3.59. The fourth-order valence-corrected chi connectivity index (χ4v) is 3.38. The maximum absolute atomic E-state index is 14.6. The number of ketones is 1. The van der Waals surface area contributed by atoms with Crippen molar-refractivity contribution in [3.63, 3.8) is 0 Å². The van der Waals surface area contributed by atoms with Gasteiger partial charge in [-0.1, -0.05) is 48.0 Å². The molecule has 1 atom stereocenters. The Morgan fingerprint density at radius 2 is 1.82 bits per heavy atom. The average molecular weight is 383 g/mol. The van der Waals surface area contributed by atoms with Crippen molar-refractivity contribution >= 4 is 17.4 Å². The van der Waals surface area contributed by atoms with Crippen LogP contribution in [0.4, 0.5) is 4.39 Å². The molecule has 1 unspecified atom stereocenters. The summed E-state index contributed by atoms with van der Waals surface area (Å²) in [5, 5.41) is 10.8. The Balaban J connectivity index is 2.14. The number of amides is 1. The largest absolute Gasteiger partial charge is 0.507 e. The van der Waals surface area contributed by atoms with Crippen molar-refractivity contribution in [2.24, 2.45) is 0 Å². The zero-order valence-corrected chi connectivity index (χ0v) is 15.8. The van der Waals surface area contributed by atoms with Gasteiger partial charge in [-0.3, -0.25) is 9.59 Å². The van der Waals surface area contributed by atoms with Crippen LogP contribution in [0, 0.1) is 12.7 Å². The van der Waals surface area contributed by atoms with Crippen LogP contribution in [-0.2, 0) is 14.3 Å². The molecule has 1 saturated heterocycles. The molecule has 0 saturated carbocycles. The summed E-state index contributed by atoms with van der Waals surface area (Å²) in [5.41, 5.74) is 1.47. The molecule has 1 fully saturated rings. The summed E-state index contributed by atoms with van der Waals surface area (Å²) >= 11 is 0. The van der Waals surface area contributed by atoms with Gasteiger partial charge in [-0.05, 0) is 19.4 Å². The summed E-state index contributed by atoms with van der Waals surface area (Å²) in [5.74, 6) is -2.41. The first-order chi connectivity index (χ1) is 13.5. The zero-order chi connectivity index (χ0) is 20.3. The molecule has 3 rings (SSSR count). The molecule has 2 aromatic rings. The lowest BCUT2D eigenvalue weighted by atomic mass is 9.94. The number of ether oxygens (including phenoxy) is 1. The van der Waals surface area contributed by atoms with Crippen LogP contribution in [0.2, 0.25) is 0 Å². The average Bonchev–Trinajstić information content (AvgIpc) is 2.93. The molecule has 5 nitrogen and oxygen atoms in total. The van der Waals surface area contributed by atoms with Gasteiger partial charge in [0.05, 0.1) is 11.6 Å². The molecule has 28 heavy (non-hydrogen) atoms. The Kier molecular flexibility index (Phi) is 5.90. The van der Waals surface area contributed by atoms with Crippen LogP contribution in [0.3, 0.4) is 0 Å². The van der Waals surface area contributed by atoms with Crippen LogP contribution in [0.25, 0.3) is 5.76 Å². The maximum atomic E-state index is 14.6. The maximum Gasteiger partial charge on any atom is 0.295 e. The second-order valence-corrected chi connectivity index (χ2v) is 6.73. The van der Waals surface area contributed by atoms with Crippen molar-refractivity contribution in [2.45, 2.75) is 19.4 Å². The number of hydrogen-bond acceptors (Lipinski definition) is 4. The van der Waals surface area contributed by atoms with E-state index < -0.39 is 23.5 Å². The van der Waals surface area contributed by atoms with E-state index >= 15 is 0 Å². The van der Waals surface area contributed by atoms with Crippen molar-refractivity contribution in [1.29, 1.82) is 0 Å². The van der Waals surface area contributed by atoms with E-state index in [0.29, 0.717) is 18.6 Å². The number of aryl methyl sites for hydroxylation is 1. The molecule has 0 aromatic heterocycles. The van der Waals surface area contributed by atoms with Gasteiger partial charge in [0.1, 0.15) is 11.6 Å². The third-order valence-corrected chi connectivity index (χ3v) is 4.81. The molecule has 6 heteroatoms. The molecule has 2 aromatic carbocycles. The first kappa shape index (κ1) is 19.8. The molecule has 1 heterocycles. The van der Waals surface area contributed by atoms with Crippen LogP contribution in [0.5, 0.6) is 0 Å². The zero-order valence-electron chi connectivity index (χ0n) is 15.8. The fourth-order valence-electron chi connectivity index (χ4n) is 3.38. The Labute approximate surface area is 163 Å². The predicted molar refractivity (Wildman–Crippen MR) is 103 cm³/mol. The summed E-state index contributed by atoms with van der Waals surface area (Å²) in [6.07, 6.45) is 0.485. The molecular formula is C22H22FNO4. The monoisotopic (exact) mass is 383 g/mol. The minimum atomic E-state index is -0.987. The highest BCUT2D eigenvalue weighted by Crippen LogP contribution is 2.40. The van der Waals surface area contributed by atoms with Gasteiger partial charge in [-0.2, -0.15) is 0 Å². The minimum absolute atomic E-state index is 0.101. The Bertz CT molecular complexity index is 920. The Morgan fingerprint density at radius 1 is 1.14 bits per heavy atom. The van der Waals surface area contributed by atoms with Crippen LogP contribution in [-0.4, -0.2) is 42.0 Å². The van der Waals surface area contributed by atoms with Crippen molar-refractivity contribution in [3.8, 4) is 0 Å². The molecule has 0 bridgehead atoms. The van der Waals surface area contributed by atoms with Crippen LogP contribution in [0.15, 0.2) is 54.1 Å². The number of benzene rings is 2. The molecule has 1 aliphatic heterocycles. The highest BCUT2D eigenvalue weighted by atomic mass is 19.1. The minimum Gasteiger partial charge on any atom is -0.507 e. The van der Waals surface area contributed by atoms with E-state index in [1.54, 1.807) is 37.4 Å². The molecule has 0 radical (unpaired) electrons. The standard InChI is InChI=1S/C22H22FNO4/c1-14-8-10-15(11-9-14)20(25)18-19(16-6-3-4-7-17(16)23)24(12-5-13-28-2)22(27)21(18)26/h3-4,6-11,19,25H,5,12-13H2,1-2H3/b20-18-. The number of aliphatic hydroxyl groups is 1. The summed E-state index contributed by atoms with van der Waals surface area (Å²) in [6.45, 7) is 2.50. The number of methoxy groups -OCH3 is 1. The number of carbonyl (C=O) groups is 2. The first-order valence-corrected chi connectivity index (χ1v) is 9.04. The molecule has 1 aliphatic rings. The summed E-state index contributed by atoms with van der Waals surface area (Å²) in [4.78, 5) is 26.7. The number of rotatable bonds is 6. The molecule has 1 N–H and O–H groups in total. The number of halogens is 1. The van der Waals surface area contributed by atoms with Crippen LogP contribution >= 0.6 is 0 Å². The third kappa shape index (κ3) is 3.68. The van der Waals surface area contributed by atoms with E-state index in [9.17, 15) is 19.1 Å². The lowest BCUT2D eigenvalue weighted by molar-refractivity contribution is -0.140. The second kappa shape index (κ2) is 8.35. The Morgan fingerprint density at radius 3 is 2.46 bits per heavy atom. The lowest BCUT2D eigenvalue weighted by Gasteiger charge is -2.25. The quantitative estimate of drug-likeness (QED) is 0.358. The van der Waals surface area contributed by atoms with Crippen molar-refractivity contribution in [2.75, 3.05) is 20.3 Å². The van der Waals surface area contributed by atoms with E-state index in [1.165, 1.54) is 23.1 Å². The van der Waals surface area contributed by atoms with Crippen molar-refractivity contribution < 1.29 is 23.8 Å². The number of carbonyl (C=O) groups excluding carboxylic acids is 2. The number of nitrogens with zero attached hydrogens (tertiary/aromatic N) is 1. The molecule has 0 aliphatic carbocycles. The smallest absolute Gasteiger partial charge is 0.295 e. The Hall–Kier alpha value is -2.99. The van der Waals surface area contributed by atoms with Gasteiger partial charge in [-0.15, -0.1) is 0 Å². The van der Waals surface area contributed by atoms with Crippen molar-refractivity contribution in [1.82, 2.24) is 4.90 Å². The van der Waals surface area contributed by atoms with E-state index in [0.717, 1.165) is 5.56 Å². The molecular weight excluding hydrogens is 361 g/mol.